The summed E-state index contributed by atoms with van der Waals surface area (Å²) in [6.45, 7) is 0. The smallest absolute Gasteiger partial charge is 0.124 e. The maximum Gasteiger partial charge on any atom is 0.124 e. The second kappa shape index (κ2) is 3.05. The van der Waals surface area contributed by atoms with Gasteiger partial charge in [0.2, 0.25) is 0 Å². The molecular weight excluding hydrogens is 207 g/mol. The Hall–Kier alpha value is -0.990. The molecule has 0 unspecified atom stereocenters. The van der Waals surface area contributed by atoms with Crippen molar-refractivity contribution in [2.24, 2.45) is 0 Å². The molecule has 0 fully saturated rings. The van der Waals surface area contributed by atoms with Gasteiger partial charge < -0.3 is 5.73 Å². The van der Waals surface area contributed by atoms with Crippen molar-refractivity contribution in [3.05, 3.63) is 34.3 Å². The number of halogens is 2. The molecule has 0 aliphatic rings. The van der Waals surface area contributed by atoms with Crippen LogP contribution in [0.2, 0.25) is 10.0 Å². The zero-order valence-electron chi connectivity index (χ0n) is 6.59. The van der Waals surface area contributed by atoms with Gasteiger partial charge in [0, 0.05) is 5.39 Å². The Morgan fingerprint density at radius 2 is 1.77 bits per heavy atom. The van der Waals surface area contributed by atoms with Crippen molar-refractivity contribution in [3.63, 3.8) is 0 Å². The summed E-state index contributed by atoms with van der Waals surface area (Å²) in [5.74, 6) is 0.441. The summed E-state index contributed by atoms with van der Waals surface area (Å²) in [6, 6.07) is 7.19. The number of hydrogen-bond donors (Lipinski definition) is 1. The first kappa shape index (κ1) is 8.60. The highest BCUT2D eigenvalue weighted by molar-refractivity contribution is 6.45. The van der Waals surface area contributed by atoms with E-state index in [1.807, 2.05) is 12.1 Å². The van der Waals surface area contributed by atoms with Crippen LogP contribution in [-0.4, -0.2) is 4.98 Å². The molecule has 66 valence electrons. The molecule has 0 aliphatic carbocycles. The summed E-state index contributed by atoms with van der Waals surface area (Å²) in [5.41, 5.74) is 6.18. The standard InChI is InChI=1S/C9H6Cl2N2/c10-6-3-1-5-2-4-7(12)13-9(5)8(6)11/h1-4H,(H2,12,13). The largest absolute Gasteiger partial charge is 0.384 e. The van der Waals surface area contributed by atoms with Gasteiger partial charge in [-0.15, -0.1) is 0 Å². The van der Waals surface area contributed by atoms with E-state index >= 15 is 0 Å². The number of hydrogen-bond acceptors (Lipinski definition) is 2. The molecule has 0 atom stereocenters. The molecule has 0 saturated heterocycles. The van der Waals surface area contributed by atoms with Gasteiger partial charge in [-0.2, -0.15) is 0 Å². The first-order valence-electron chi connectivity index (χ1n) is 3.69. The lowest BCUT2D eigenvalue weighted by atomic mass is 10.2. The Kier molecular flexibility index (Phi) is 2.02. The highest BCUT2D eigenvalue weighted by Gasteiger charge is 2.04. The fourth-order valence-electron chi connectivity index (χ4n) is 1.14. The van der Waals surface area contributed by atoms with Crippen LogP contribution in [0.5, 0.6) is 0 Å². The van der Waals surface area contributed by atoms with Crippen molar-refractivity contribution in [1.29, 1.82) is 0 Å². The molecule has 13 heavy (non-hydrogen) atoms. The maximum absolute atomic E-state index is 5.95. The number of nitrogens with zero attached hydrogens (tertiary/aromatic N) is 1. The van der Waals surface area contributed by atoms with Gasteiger partial charge in [0.15, 0.2) is 0 Å². The van der Waals surface area contributed by atoms with E-state index in [-0.39, 0.29) is 0 Å². The van der Waals surface area contributed by atoms with Crippen LogP contribution in [0.3, 0.4) is 0 Å². The Balaban J connectivity index is 2.89. The van der Waals surface area contributed by atoms with Crippen LogP contribution in [0, 0.1) is 0 Å². The van der Waals surface area contributed by atoms with E-state index < -0.39 is 0 Å². The molecule has 1 aromatic heterocycles. The van der Waals surface area contributed by atoms with Crippen LogP contribution < -0.4 is 5.73 Å². The zero-order chi connectivity index (χ0) is 9.42. The van der Waals surface area contributed by atoms with Crippen LogP contribution in [0.15, 0.2) is 24.3 Å². The number of nitrogens with two attached hydrogens (primary N) is 1. The lowest BCUT2D eigenvalue weighted by Crippen LogP contribution is -1.90. The van der Waals surface area contributed by atoms with Crippen LogP contribution in [-0.2, 0) is 0 Å². The van der Waals surface area contributed by atoms with E-state index in [4.69, 9.17) is 28.9 Å². The second-order valence-corrected chi connectivity index (χ2v) is 3.45. The monoisotopic (exact) mass is 212 g/mol. The van der Waals surface area contributed by atoms with Crippen molar-refractivity contribution in [1.82, 2.24) is 4.98 Å². The summed E-state index contributed by atoms with van der Waals surface area (Å²) < 4.78 is 0. The molecule has 2 N–H and O–H groups in total. The minimum Gasteiger partial charge on any atom is -0.384 e. The molecule has 2 aromatic rings. The van der Waals surface area contributed by atoms with Gasteiger partial charge in [-0.05, 0) is 18.2 Å². The van der Waals surface area contributed by atoms with Crippen LogP contribution in [0.4, 0.5) is 5.82 Å². The first-order valence-corrected chi connectivity index (χ1v) is 4.44. The number of aromatic nitrogens is 1. The summed E-state index contributed by atoms with van der Waals surface area (Å²) in [5, 5.41) is 1.88. The van der Waals surface area contributed by atoms with Gasteiger partial charge >= 0.3 is 0 Å². The van der Waals surface area contributed by atoms with E-state index in [9.17, 15) is 0 Å². The average Bonchev–Trinajstić information content (AvgIpc) is 2.12. The number of benzene rings is 1. The van der Waals surface area contributed by atoms with E-state index in [0.29, 0.717) is 21.4 Å². The van der Waals surface area contributed by atoms with Crippen molar-refractivity contribution in [2.75, 3.05) is 5.73 Å². The fraction of sp³-hybridized carbons (Fsp3) is 0. The predicted octanol–water partition coefficient (Wildman–Crippen LogP) is 3.12. The van der Waals surface area contributed by atoms with Crippen molar-refractivity contribution < 1.29 is 0 Å². The van der Waals surface area contributed by atoms with Crippen molar-refractivity contribution >= 4 is 39.9 Å². The molecule has 0 aliphatic heterocycles. The lowest BCUT2D eigenvalue weighted by molar-refractivity contribution is 1.41. The molecule has 0 radical (unpaired) electrons. The Morgan fingerprint density at radius 3 is 2.54 bits per heavy atom. The molecule has 0 amide bonds. The normalized spacial score (nSPS) is 10.6. The second-order valence-electron chi connectivity index (χ2n) is 2.67. The van der Waals surface area contributed by atoms with Crippen molar-refractivity contribution in [3.8, 4) is 0 Å². The molecule has 1 aromatic carbocycles. The average molecular weight is 213 g/mol. The number of nitrogen functional groups attached to an aromatic ring is 1. The molecule has 1 heterocycles. The van der Waals surface area contributed by atoms with E-state index in [2.05, 4.69) is 4.98 Å². The molecular formula is C9H6Cl2N2. The van der Waals surface area contributed by atoms with Gasteiger partial charge in [-0.3, -0.25) is 0 Å². The number of anilines is 1. The third-order valence-electron chi connectivity index (χ3n) is 1.77. The molecule has 0 bridgehead atoms. The number of fused-ring (bicyclic) bond motifs is 1. The van der Waals surface area contributed by atoms with Crippen LogP contribution in [0.25, 0.3) is 10.9 Å². The summed E-state index contributed by atoms with van der Waals surface area (Å²) in [7, 11) is 0. The Bertz CT molecular complexity index is 463. The third-order valence-corrected chi connectivity index (χ3v) is 2.57. The molecule has 0 spiro atoms. The minimum absolute atomic E-state index is 0.441. The predicted molar refractivity (Wildman–Crippen MR) is 56.2 cm³/mol. The summed E-state index contributed by atoms with van der Waals surface area (Å²) >= 11 is 11.8. The summed E-state index contributed by atoms with van der Waals surface area (Å²) in [4.78, 5) is 4.10. The lowest BCUT2D eigenvalue weighted by Gasteiger charge is -2.01. The van der Waals surface area contributed by atoms with Gasteiger partial charge in [-0.1, -0.05) is 29.3 Å². The van der Waals surface area contributed by atoms with Crippen LogP contribution >= 0.6 is 23.2 Å². The molecule has 0 saturated carbocycles. The van der Waals surface area contributed by atoms with Crippen LogP contribution in [0.1, 0.15) is 0 Å². The maximum atomic E-state index is 5.95. The Labute approximate surface area is 85.3 Å². The highest BCUT2D eigenvalue weighted by atomic mass is 35.5. The number of rotatable bonds is 0. The molecule has 4 heteroatoms. The van der Waals surface area contributed by atoms with Crippen molar-refractivity contribution in [2.45, 2.75) is 0 Å². The first-order chi connectivity index (χ1) is 6.18. The van der Waals surface area contributed by atoms with E-state index in [1.165, 1.54) is 0 Å². The topological polar surface area (TPSA) is 38.9 Å². The third kappa shape index (κ3) is 1.43. The zero-order valence-corrected chi connectivity index (χ0v) is 8.10. The number of pyridine rings is 1. The van der Waals surface area contributed by atoms with Gasteiger partial charge in [-0.25, -0.2) is 4.98 Å². The van der Waals surface area contributed by atoms with E-state index in [1.54, 1.807) is 12.1 Å². The SMILES string of the molecule is Nc1ccc2ccc(Cl)c(Cl)c2n1. The van der Waals surface area contributed by atoms with Gasteiger partial charge in [0.1, 0.15) is 5.82 Å². The quantitative estimate of drug-likeness (QED) is 0.730. The summed E-state index contributed by atoms with van der Waals surface area (Å²) in [6.07, 6.45) is 0. The Morgan fingerprint density at radius 1 is 1.08 bits per heavy atom. The molecule has 2 rings (SSSR count). The molecule has 2 nitrogen and oxygen atoms in total. The minimum atomic E-state index is 0.441. The van der Waals surface area contributed by atoms with Gasteiger partial charge in [0.05, 0.1) is 15.6 Å². The fourth-order valence-corrected chi connectivity index (χ4v) is 1.51. The van der Waals surface area contributed by atoms with E-state index in [0.717, 1.165) is 5.39 Å². The highest BCUT2D eigenvalue weighted by Crippen LogP contribution is 2.29. The van der Waals surface area contributed by atoms with Gasteiger partial charge in [0.25, 0.3) is 0 Å².